The van der Waals surface area contributed by atoms with Crippen LogP contribution in [0.2, 0.25) is 0 Å². The SMILES string of the molecule is CC1(COc2ccc(C(N)=O)cc2)CO1. The summed E-state index contributed by atoms with van der Waals surface area (Å²) in [5, 5.41) is 0. The van der Waals surface area contributed by atoms with Gasteiger partial charge in [0.2, 0.25) is 5.91 Å². The monoisotopic (exact) mass is 207 g/mol. The quantitative estimate of drug-likeness (QED) is 0.747. The third kappa shape index (κ3) is 2.47. The molecule has 0 aromatic heterocycles. The van der Waals surface area contributed by atoms with Gasteiger partial charge in [0.25, 0.3) is 0 Å². The molecular formula is C11H13NO3. The van der Waals surface area contributed by atoms with E-state index in [2.05, 4.69) is 0 Å². The zero-order valence-corrected chi connectivity index (χ0v) is 8.53. The number of epoxide rings is 1. The molecule has 0 aliphatic carbocycles. The molecule has 2 rings (SSSR count). The molecule has 2 N–H and O–H groups in total. The molecule has 1 heterocycles. The van der Waals surface area contributed by atoms with Gasteiger partial charge in [0.1, 0.15) is 18.0 Å². The van der Waals surface area contributed by atoms with Crippen molar-refractivity contribution in [1.82, 2.24) is 0 Å². The standard InChI is InChI=1S/C11H13NO3/c1-11(7-15-11)6-14-9-4-2-8(3-5-9)10(12)13/h2-5H,6-7H2,1H3,(H2,12,13). The number of carbonyl (C=O) groups is 1. The van der Waals surface area contributed by atoms with Gasteiger partial charge in [-0.25, -0.2) is 0 Å². The largest absolute Gasteiger partial charge is 0.491 e. The summed E-state index contributed by atoms with van der Waals surface area (Å²) >= 11 is 0. The minimum Gasteiger partial charge on any atom is -0.491 e. The van der Waals surface area contributed by atoms with Gasteiger partial charge < -0.3 is 15.2 Å². The average molecular weight is 207 g/mol. The lowest BCUT2D eigenvalue weighted by atomic mass is 10.2. The lowest BCUT2D eigenvalue weighted by Gasteiger charge is -2.08. The Kier molecular flexibility index (Phi) is 2.36. The van der Waals surface area contributed by atoms with Crippen molar-refractivity contribution in [3.63, 3.8) is 0 Å². The summed E-state index contributed by atoms with van der Waals surface area (Å²) in [6.45, 7) is 3.26. The van der Waals surface area contributed by atoms with Crippen molar-refractivity contribution in [3.05, 3.63) is 29.8 Å². The second-order valence-electron chi connectivity index (χ2n) is 3.92. The minimum absolute atomic E-state index is 0.123. The first-order valence-electron chi connectivity index (χ1n) is 4.76. The van der Waals surface area contributed by atoms with E-state index in [1.807, 2.05) is 6.92 Å². The number of carbonyl (C=O) groups excluding carboxylic acids is 1. The molecular weight excluding hydrogens is 194 g/mol. The first-order valence-corrected chi connectivity index (χ1v) is 4.76. The third-order valence-electron chi connectivity index (χ3n) is 2.32. The molecule has 1 unspecified atom stereocenters. The number of primary amides is 1. The second kappa shape index (κ2) is 3.55. The number of benzene rings is 1. The van der Waals surface area contributed by atoms with Crippen LogP contribution in [-0.2, 0) is 4.74 Å². The molecule has 4 heteroatoms. The molecule has 0 radical (unpaired) electrons. The van der Waals surface area contributed by atoms with Crippen LogP contribution in [0.1, 0.15) is 17.3 Å². The summed E-state index contributed by atoms with van der Waals surface area (Å²) in [5.41, 5.74) is 5.48. The maximum Gasteiger partial charge on any atom is 0.248 e. The van der Waals surface area contributed by atoms with Crippen LogP contribution >= 0.6 is 0 Å². The number of hydrogen-bond donors (Lipinski definition) is 1. The van der Waals surface area contributed by atoms with E-state index in [4.69, 9.17) is 15.2 Å². The number of nitrogens with two attached hydrogens (primary N) is 1. The number of amides is 1. The molecule has 15 heavy (non-hydrogen) atoms. The molecule has 4 nitrogen and oxygen atoms in total. The Morgan fingerprint density at radius 2 is 2.13 bits per heavy atom. The van der Waals surface area contributed by atoms with E-state index in [0.717, 1.165) is 12.4 Å². The highest BCUT2D eigenvalue weighted by molar-refractivity contribution is 5.92. The number of ether oxygens (including phenoxy) is 2. The molecule has 1 aliphatic rings. The smallest absolute Gasteiger partial charge is 0.248 e. The van der Waals surface area contributed by atoms with Crippen molar-refractivity contribution in [3.8, 4) is 5.75 Å². The Bertz CT molecular complexity index is 368. The van der Waals surface area contributed by atoms with E-state index in [9.17, 15) is 4.79 Å². The molecule has 1 amide bonds. The summed E-state index contributed by atoms with van der Waals surface area (Å²) in [7, 11) is 0. The molecule has 1 aliphatic heterocycles. The normalized spacial score (nSPS) is 23.5. The van der Waals surface area contributed by atoms with Crippen LogP contribution < -0.4 is 10.5 Å². The third-order valence-corrected chi connectivity index (χ3v) is 2.32. The van der Waals surface area contributed by atoms with Gasteiger partial charge in [-0.2, -0.15) is 0 Å². The Balaban J connectivity index is 1.95. The lowest BCUT2D eigenvalue weighted by Crippen LogP contribution is -2.17. The summed E-state index contributed by atoms with van der Waals surface area (Å²) in [6, 6.07) is 6.75. The van der Waals surface area contributed by atoms with E-state index in [0.29, 0.717) is 12.2 Å². The minimum atomic E-state index is -0.431. The fraction of sp³-hybridized carbons (Fsp3) is 0.364. The van der Waals surface area contributed by atoms with Crippen molar-refractivity contribution >= 4 is 5.91 Å². The summed E-state index contributed by atoms with van der Waals surface area (Å²) in [5.74, 6) is 0.288. The van der Waals surface area contributed by atoms with E-state index in [-0.39, 0.29) is 5.60 Å². The van der Waals surface area contributed by atoms with Crippen LogP contribution in [0.25, 0.3) is 0 Å². The van der Waals surface area contributed by atoms with E-state index >= 15 is 0 Å². The molecule has 1 aromatic rings. The highest BCUT2D eigenvalue weighted by atomic mass is 16.6. The predicted octanol–water partition coefficient (Wildman–Crippen LogP) is 0.953. The Morgan fingerprint density at radius 1 is 1.53 bits per heavy atom. The van der Waals surface area contributed by atoms with E-state index in [1.54, 1.807) is 24.3 Å². The van der Waals surface area contributed by atoms with Gasteiger partial charge in [-0.1, -0.05) is 0 Å². The number of rotatable bonds is 4. The lowest BCUT2D eigenvalue weighted by molar-refractivity contribution is 0.1000. The van der Waals surface area contributed by atoms with Gasteiger partial charge in [-0.15, -0.1) is 0 Å². The highest BCUT2D eigenvalue weighted by Crippen LogP contribution is 2.26. The zero-order valence-electron chi connectivity index (χ0n) is 8.53. The van der Waals surface area contributed by atoms with Crippen LogP contribution in [0.5, 0.6) is 5.75 Å². The fourth-order valence-electron chi connectivity index (χ4n) is 1.16. The topological polar surface area (TPSA) is 64.8 Å². The molecule has 1 saturated heterocycles. The van der Waals surface area contributed by atoms with E-state index in [1.165, 1.54) is 0 Å². The zero-order chi connectivity index (χ0) is 10.9. The van der Waals surface area contributed by atoms with Gasteiger partial charge in [0, 0.05) is 5.56 Å². The van der Waals surface area contributed by atoms with Crippen molar-refractivity contribution < 1.29 is 14.3 Å². The van der Waals surface area contributed by atoms with Gasteiger partial charge in [0.05, 0.1) is 6.61 Å². The molecule has 1 atom stereocenters. The van der Waals surface area contributed by atoms with E-state index < -0.39 is 5.91 Å². The van der Waals surface area contributed by atoms with Crippen LogP contribution in [0, 0.1) is 0 Å². The predicted molar refractivity (Wildman–Crippen MR) is 54.8 cm³/mol. The Morgan fingerprint density at radius 3 is 2.60 bits per heavy atom. The van der Waals surface area contributed by atoms with Gasteiger partial charge >= 0.3 is 0 Å². The average Bonchev–Trinajstić information content (AvgIpc) is 2.95. The maximum absolute atomic E-state index is 10.8. The summed E-state index contributed by atoms with van der Waals surface area (Å²) < 4.78 is 10.7. The Hall–Kier alpha value is -1.55. The van der Waals surface area contributed by atoms with Crippen molar-refractivity contribution in [2.45, 2.75) is 12.5 Å². The van der Waals surface area contributed by atoms with Crippen LogP contribution in [0.4, 0.5) is 0 Å². The first-order chi connectivity index (χ1) is 7.09. The maximum atomic E-state index is 10.8. The molecule has 0 saturated carbocycles. The highest BCUT2D eigenvalue weighted by Gasteiger charge is 2.40. The molecule has 0 bridgehead atoms. The van der Waals surface area contributed by atoms with Gasteiger partial charge in [-0.05, 0) is 31.2 Å². The number of hydrogen-bond acceptors (Lipinski definition) is 3. The van der Waals surface area contributed by atoms with Crippen LogP contribution in [0.3, 0.4) is 0 Å². The van der Waals surface area contributed by atoms with Crippen molar-refractivity contribution in [2.24, 2.45) is 5.73 Å². The van der Waals surface area contributed by atoms with Crippen LogP contribution in [0.15, 0.2) is 24.3 Å². The molecule has 80 valence electrons. The van der Waals surface area contributed by atoms with Crippen molar-refractivity contribution in [2.75, 3.05) is 13.2 Å². The first kappa shape index (κ1) is 9.98. The van der Waals surface area contributed by atoms with Crippen molar-refractivity contribution in [1.29, 1.82) is 0 Å². The molecule has 0 spiro atoms. The fourth-order valence-corrected chi connectivity index (χ4v) is 1.16. The second-order valence-corrected chi connectivity index (χ2v) is 3.92. The summed E-state index contributed by atoms with van der Waals surface area (Å²) in [4.78, 5) is 10.8. The molecule has 1 aromatic carbocycles. The van der Waals surface area contributed by atoms with Crippen LogP contribution in [-0.4, -0.2) is 24.7 Å². The summed E-state index contributed by atoms with van der Waals surface area (Å²) in [6.07, 6.45) is 0. The van der Waals surface area contributed by atoms with Gasteiger partial charge in [0.15, 0.2) is 0 Å². The Labute approximate surface area is 88.0 Å². The van der Waals surface area contributed by atoms with Gasteiger partial charge in [-0.3, -0.25) is 4.79 Å². The molecule has 1 fully saturated rings.